The molecular formula is C8H8N2Pt2. The third-order valence-corrected chi connectivity index (χ3v) is 1.44. The van der Waals surface area contributed by atoms with Crippen LogP contribution < -0.4 is 0 Å². The quantitative estimate of drug-likeness (QED) is 0.539. The molecule has 0 bridgehead atoms. The van der Waals surface area contributed by atoms with E-state index in [1.807, 2.05) is 58.4 Å². The molecule has 0 spiro atoms. The van der Waals surface area contributed by atoms with Crippen molar-refractivity contribution in [1.29, 1.82) is 0 Å². The zero-order valence-electron chi connectivity index (χ0n) is 6.15. The average Bonchev–Trinajstić information content (AvgIpc) is 2.59. The van der Waals surface area contributed by atoms with Gasteiger partial charge in [-0.1, -0.05) is 0 Å². The Labute approximate surface area is 100 Å². The van der Waals surface area contributed by atoms with Crippen LogP contribution in [0.15, 0.2) is 49.1 Å². The summed E-state index contributed by atoms with van der Waals surface area (Å²) in [5.74, 6) is 0. The normalized spacial score (nSPS) is 8.33. The molecule has 0 aliphatic heterocycles. The first-order valence-corrected chi connectivity index (χ1v) is 3.23. The summed E-state index contributed by atoms with van der Waals surface area (Å²) in [5, 5.41) is 0. The van der Waals surface area contributed by atoms with Gasteiger partial charge >= 0.3 is 0 Å². The van der Waals surface area contributed by atoms with E-state index in [0.29, 0.717) is 0 Å². The third kappa shape index (κ3) is 2.47. The second-order valence-electron chi connectivity index (χ2n) is 2.13. The van der Waals surface area contributed by atoms with E-state index in [0.717, 1.165) is 0 Å². The van der Waals surface area contributed by atoms with Crippen molar-refractivity contribution in [2.24, 2.45) is 0 Å². The van der Waals surface area contributed by atoms with Crippen LogP contribution in [0.2, 0.25) is 0 Å². The fourth-order valence-electron chi connectivity index (χ4n) is 0.959. The fourth-order valence-corrected chi connectivity index (χ4v) is 0.959. The van der Waals surface area contributed by atoms with E-state index in [1.54, 1.807) is 0 Å². The fraction of sp³-hybridized carbons (Fsp3) is 0. The molecule has 70 valence electrons. The first-order chi connectivity index (χ1) is 4.97. The molecule has 2 rings (SSSR count). The van der Waals surface area contributed by atoms with Crippen LogP contribution in [0.25, 0.3) is 0 Å². The zero-order chi connectivity index (χ0) is 6.81. The van der Waals surface area contributed by atoms with Crippen LogP contribution in [0.5, 0.6) is 0 Å². The Hall–Kier alpha value is -0.0634. The molecule has 4 heteroatoms. The number of hydrogen-bond acceptors (Lipinski definition) is 0. The number of aromatic nitrogens is 2. The van der Waals surface area contributed by atoms with Crippen molar-refractivity contribution in [2.45, 2.75) is 0 Å². The minimum atomic E-state index is 0. The van der Waals surface area contributed by atoms with E-state index in [9.17, 15) is 0 Å². The molecule has 0 aliphatic carbocycles. The van der Waals surface area contributed by atoms with E-state index < -0.39 is 0 Å². The molecule has 2 heterocycles. The van der Waals surface area contributed by atoms with Crippen LogP contribution in [-0.4, -0.2) is 9.35 Å². The van der Waals surface area contributed by atoms with Gasteiger partial charge in [-0.2, -0.15) is 0 Å². The summed E-state index contributed by atoms with van der Waals surface area (Å²) in [5.41, 5.74) is 0. The topological polar surface area (TPSA) is 9.86 Å². The summed E-state index contributed by atoms with van der Waals surface area (Å²) in [4.78, 5) is 0. The zero-order valence-corrected chi connectivity index (χ0v) is 10.7. The molecule has 0 saturated carbocycles. The second-order valence-corrected chi connectivity index (χ2v) is 2.13. The summed E-state index contributed by atoms with van der Waals surface area (Å²) in [6.45, 7) is 0. The summed E-state index contributed by atoms with van der Waals surface area (Å²) in [6.07, 6.45) is 8.00. The minimum Gasteiger partial charge on any atom is -0.265 e. The van der Waals surface area contributed by atoms with Crippen LogP contribution in [0.1, 0.15) is 0 Å². The summed E-state index contributed by atoms with van der Waals surface area (Å²) in [6, 6.07) is 8.00. The van der Waals surface area contributed by atoms with Gasteiger partial charge in [-0.05, 0) is 24.3 Å². The van der Waals surface area contributed by atoms with Gasteiger partial charge in [0, 0.05) is 66.9 Å². The molecule has 2 nitrogen and oxygen atoms in total. The Kier molecular flexibility index (Phi) is 5.53. The van der Waals surface area contributed by atoms with Crippen LogP contribution in [0, 0.1) is 0 Å². The first-order valence-electron chi connectivity index (χ1n) is 3.23. The minimum absolute atomic E-state index is 0. The van der Waals surface area contributed by atoms with Crippen LogP contribution in [0.4, 0.5) is 0 Å². The summed E-state index contributed by atoms with van der Waals surface area (Å²) in [7, 11) is 0. The van der Waals surface area contributed by atoms with Gasteiger partial charge in [0.2, 0.25) is 0 Å². The van der Waals surface area contributed by atoms with Crippen molar-refractivity contribution in [3.63, 3.8) is 0 Å². The summed E-state index contributed by atoms with van der Waals surface area (Å²) < 4.78 is 4.00. The van der Waals surface area contributed by atoms with Gasteiger partial charge in [-0.15, -0.1) is 0 Å². The third-order valence-electron chi connectivity index (χ3n) is 1.44. The van der Waals surface area contributed by atoms with Crippen LogP contribution in [-0.2, 0) is 42.1 Å². The van der Waals surface area contributed by atoms with E-state index >= 15 is 0 Å². The number of rotatable bonds is 1. The van der Waals surface area contributed by atoms with Gasteiger partial charge in [0.25, 0.3) is 0 Å². The smallest absolute Gasteiger partial charge is 0.0268 e. The number of nitrogens with zero attached hydrogens (tertiary/aromatic N) is 2. The molecule has 0 radical (unpaired) electrons. The van der Waals surface area contributed by atoms with Crippen LogP contribution >= 0.6 is 0 Å². The predicted octanol–water partition coefficient (Wildman–Crippen LogP) is 1.60. The van der Waals surface area contributed by atoms with E-state index in [2.05, 4.69) is 0 Å². The van der Waals surface area contributed by atoms with Crippen molar-refractivity contribution in [1.82, 2.24) is 9.35 Å². The molecule has 0 saturated heterocycles. The van der Waals surface area contributed by atoms with Crippen molar-refractivity contribution in [3.05, 3.63) is 49.1 Å². The SMILES string of the molecule is [Pt].[Pt].c1ccn(-n2cccc2)c1. The van der Waals surface area contributed by atoms with E-state index in [-0.39, 0.29) is 42.1 Å². The Morgan fingerprint density at radius 2 is 0.750 bits per heavy atom. The molecule has 2 aromatic heterocycles. The Morgan fingerprint density at radius 1 is 0.500 bits per heavy atom. The second kappa shape index (κ2) is 5.56. The molecule has 0 atom stereocenters. The molecule has 12 heavy (non-hydrogen) atoms. The van der Waals surface area contributed by atoms with Crippen molar-refractivity contribution in [3.8, 4) is 0 Å². The average molecular weight is 522 g/mol. The summed E-state index contributed by atoms with van der Waals surface area (Å²) >= 11 is 0. The van der Waals surface area contributed by atoms with Gasteiger partial charge in [0.15, 0.2) is 0 Å². The van der Waals surface area contributed by atoms with Crippen LogP contribution in [0.3, 0.4) is 0 Å². The van der Waals surface area contributed by atoms with Gasteiger partial charge in [0.1, 0.15) is 0 Å². The molecule has 2 aromatic rings. The monoisotopic (exact) mass is 522 g/mol. The molecule has 0 N–H and O–H groups in total. The van der Waals surface area contributed by atoms with Crippen molar-refractivity contribution < 1.29 is 42.1 Å². The largest absolute Gasteiger partial charge is 0.265 e. The predicted molar refractivity (Wildman–Crippen MR) is 39.7 cm³/mol. The van der Waals surface area contributed by atoms with Crippen molar-refractivity contribution in [2.75, 3.05) is 0 Å². The molecule has 0 unspecified atom stereocenters. The van der Waals surface area contributed by atoms with Gasteiger partial charge in [-0.3, -0.25) is 9.35 Å². The maximum atomic E-state index is 2.00. The number of hydrogen-bond donors (Lipinski definition) is 0. The van der Waals surface area contributed by atoms with Crippen molar-refractivity contribution >= 4 is 0 Å². The van der Waals surface area contributed by atoms with E-state index in [4.69, 9.17) is 0 Å². The maximum Gasteiger partial charge on any atom is 0.0268 e. The first kappa shape index (κ1) is 11.9. The van der Waals surface area contributed by atoms with Gasteiger partial charge in [0.05, 0.1) is 0 Å². The van der Waals surface area contributed by atoms with Gasteiger partial charge < -0.3 is 0 Å². The standard InChI is InChI=1S/C8H8N2.2Pt/c1-2-6-9(5-1)10-7-3-4-8-10;;/h1-8H;;. The Morgan fingerprint density at radius 3 is 1.00 bits per heavy atom. The Bertz CT molecular complexity index is 254. The molecule has 0 aliphatic rings. The molecular weight excluding hydrogens is 514 g/mol. The molecule has 0 amide bonds. The molecule has 0 aromatic carbocycles. The maximum absolute atomic E-state index is 2.00. The molecule has 0 fully saturated rings. The Balaban J connectivity index is 0.000000605. The van der Waals surface area contributed by atoms with E-state index in [1.165, 1.54) is 0 Å². The van der Waals surface area contributed by atoms with Gasteiger partial charge in [-0.25, -0.2) is 0 Å².